The highest BCUT2D eigenvalue weighted by molar-refractivity contribution is 7.16. The smallest absolute Gasteiger partial charge is 0.307 e. The Bertz CT molecular complexity index is 990. The van der Waals surface area contributed by atoms with Crippen LogP contribution in [0.1, 0.15) is 37.0 Å². The molecule has 24 heavy (non-hydrogen) atoms. The quantitative estimate of drug-likeness (QED) is 0.774. The highest BCUT2D eigenvalue weighted by Crippen LogP contribution is 2.25. The van der Waals surface area contributed by atoms with E-state index >= 15 is 0 Å². The Kier molecular flexibility index (Phi) is 3.79. The van der Waals surface area contributed by atoms with E-state index in [0.717, 1.165) is 27.1 Å². The van der Waals surface area contributed by atoms with Crippen molar-refractivity contribution in [3.63, 3.8) is 0 Å². The molecule has 0 fully saturated rings. The normalized spacial score (nSPS) is 11.9. The Balaban J connectivity index is 1.92. The van der Waals surface area contributed by atoms with E-state index in [1.165, 1.54) is 0 Å². The number of nitrogens with zero attached hydrogens (tertiary/aromatic N) is 4. The van der Waals surface area contributed by atoms with Gasteiger partial charge in [-0.2, -0.15) is 0 Å². The second-order valence-electron chi connectivity index (χ2n) is 6.70. The standard InChI is InChI=1S/C16H19N5O2S/c1-9-6-11-12(24-15(23)20(11)5)7-10(9)18-14(22)13-17-8-21(19-13)16(2,3)4/h6-8H,1-5H3,(H,18,22). The molecule has 0 saturated carbocycles. The van der Waals surface area contributed by atoms with Gasteiger partial charge in [0, 0.05) is 12.7 Å². The van der Waals surface area contributed by atoms with Gasteiger partial charge >= 0.3 is 4.87 Å². The van der Waals surface area contributed by atoms with Gasteiger partial charge in [0.05, 0.1) is 15.8 Å². The van der Waals surface area contributed by atoms with E-state index in [1.807, 2.05) is 39.8 Å². The van der Waals surface area contributed by atoms with E-state index in [-0.39, 0.29) is 22.1 Å². The van der Waals surface area contributed by atoms with Crippen LogP contribution in [0.25, 0.3) is 10.2 Å². The van der Waals surface area contributed by atoms with Crippen LogP contribution in [0.5, 0.6) is 0 Å². The molecule has 3 aromatic rings. The maximum Gasteiger partial charge on any atom is 0.307 e. The van der Waals surface area contributed by atoms with Crippen LogP contribution >= 0.6 is 11.3 Å². The van der Waals surface area contributed by atoms with E-state index in [2.05, 4.69) is 15.4 Å². The van der Waals surface area contributed by atoms with Crippen molar-refractivity contribution in [3.05, 3.63) is 39.5 Å². The first-order valence-electron chi connectivity index (χ1n) is 7.50. The summed E-state index contributed by atoms with van der Waals surface area (Å²) in [6.45, 7) is 7.84. The summed E-state index contributed by atoms with van der Waals surface area (Å²) in [5.41, 5.74) is 2.15. The highest BCUT2D eigenvalue weighted by atomic mass is 32.1. The molecule has 1 aromatic carbocycles. The summed E-state index contributed by atoms with van der Waals surface area (Å²) in [6, 6.07) is 3.71. The molecule has 0 aliphatic carbocycles. The molecule has 0 aliphatic heterocycles. The lowest BCUT2D eigenvalue weighted by Gasteiger charge is -2.17. The van der Waals surface area contributed by atoms with Gasteiger partial charge in [0.2, 0.25) is 5.82 Å². The van der Waals surface area contributed by atoms with Crippen molar-refractivity contribution in [1.29, 1.82) is 0 Å². The summed E-state index contributed by atoms with van der Waals surface area (Å²) in [4.78, 5) is 28.2. The van der Waals surface area contributed by atoms with E-state index in [1.54, 1.807) is 22.6 Å². The van der Waals surface area contributed by atoms with Crippen molar-refractivity contribution in [2.24, 2.45) is 7.05 Å². The minimum absolute atomic E-state index is 0.0292. The minimum Gasteiger partial charge on any atom is -0.319 e. The summed E-state index contributed by atoms with van der Waals surface area (Å²) < 4.78 is 4.09. The fourth-order valence-corrected chi connectivity index (χ4v) is 3.18. The van der Waals surface area contributed by atoms with Crippen molar-refractivity contribution in [3.8, 4) is 0 Å². The average Bonchev–Trinajstić information content (AvgIpc) is 3.07. The molecule has 0 aliphatic rings. The molecule has 0 radical (unpaired) electrons. The van der Waals surface area contributed by atoms with Gasteiger partial charge in [-0.15, -0.1) is 5.10 Å². The third-order valence-corrected chi connectivity index (χ3v) is 4.76. The first kappa shape index (κ1) is 16.4. The van der Waals surface area contributed by atoms with E-state index in [9.17, 15) is 9.59 Å². The van der Waals surface area contributed by atoms with Gasteiger partial charge < -0.3 is 9.88 Å². The molecule has 0 atom stereocenters. The van der Waals surface area contributed by atoms with E-state index in [0.29, 0.717) is 5.69 Å². The molecule has 126 valence electrons. The molecule has 3 rings (SSSR count). The van der Waals surface area contributed by atoms with E-state index in [4.69, 9.17) is 0 Å². The number of hydrogen-bond donors (Lipinski definition) is 1. The zero-order chi connectivity index (χ0) is 17.6. The number of thiazole rings is 1. The Morgan fingerprint density at radius 2 is 2.00 bits per heavy atom. The van der Waals surface area contributed by atoms with Crippen LogP contribution in [0, 0.1) is 6.92 Å². The molecular formula is C16H19N5O2S. The number of rotatable bonds is 2. The minimum atomic E-state index is -0.372. The Morgan fingerprint density at radius 3 is 2.62 bits per heavy atom. The molecule has 0 bridgehead atoms. The predicted molar refractivity (Wildman–Crippen MR) is 94.8 cm³/mol. The summed E-state index contributed by atoms with van der Waals surface area (Å²) in [6.07, 6.45) is 1.55. The number of aromatic nitrogens is 4. The van der Waals surface area contributed by atoms with Crippen LogP contribution in [-0.4, -0.2) is 25.2 Å². The maximum absolute atomic E-state index is 12.4. The maximum atomic E-state index is 12.4. The zero-order valence-corrected chi connectivity index (χ0v) is 15.1. The number of nitrogens with one attached hydrogen (secondary N) is 1. The number of benzene rings is 1. The summed E-state index contributed by atoms with van der Waals surface area (Å²) in [5.74, 6) is -0.255. The molecule has 2 heterocycles. The molecular weight excluding hydrogens is 326 g/mol. The van der Waals surface area contributed by atoms with Crippen LogP contribution in [0.4, 0.5) is 5.69 Å². The number of carbonyl (C=O) groups excluding carboxylic acids is 1. The van der Waals surface area contributed by atoms with Crippen molar-refractivity contribution in [1.82, 2.24) is 19.3 Å². The Morgan fingerprint density at radius 1 is 1.29 bits per heavy atom. The lowest BCUT2D eigenvalue weighted by atomic mass is 10.1. The lowest BCUT2D eigenvalue weighted by Crippen LogP contribution is -2.23. The molecule has 0 unspecified atom stereocenters. The number of anilines is 1. The molecule has 2 aromatic heterocycles. The van der Waals surface area contributed by atoms with Gasteiger partial charge in [-0.3, -0.25) is 9.59 Å². The molecule has 7 nitrogen and oxygen atoms in total. The van der Waals surface area contributed by atoms with Gasteiger partial charge in [-0.05, 0) is 45.4 Å². The summed E-state index contributed by atoms with van der Waals surface area (Å²) in [5, 5.41) is 7.06. The second kappa shape index (κ2) is 5.55. The fraction of sp³-hybridized carbons (Fsp3) is 0.375. The van der Waals surface area contributed by atoms with Crippen LogP contribution in [0.15, 0.2) is 23.3 Å². The molecule has 1 N–H and O–H groups in total. The second-order valence-corrected chi connectivity index (χ2v) is 7.69. The first-order chi connectivity index (χ1) is 11.2. The largest absolute Gasteiger partial charge is 0.319 e. The van der Waals surface area contributed by atoms with E-state index < -0.39 is 0 Å². The van der Waals surface area contributed by atoms with Gasteiger partial charge in [-0.1, -0.05) is 11.3 Å². The van der Waals surface area contributed by atoms with Crippen LogP contribution in [-0.2, 0) is 12.6 Å². The number of amides is 1. The predicted octanol–water partition coefficient (Wildman–Crippen LogP) is 2.51. The van der Waals surface area contributed by atoms with Crippen LogP contribution in [0.2, 0.25) is 0 Å². The molecule has 0 spiro atoms. The van der Waals surface area contributed by atoms with Crippen molar-refractivity contribution in [2.75, 3.05) is 5.32 Å². The monoisotopic (exact) mass is 345 g/mol. The van der Waals surface area contributed by atoms with Gasteiger partial charge in [0.25, 0.3) is 5.91 Å². The molecule has 8 heteroatoms. The SMILES string of the molecule is Cc1cc2c(cc1NC(=O)c1ncn(C(C)(C)C)n1)sc(=O)n2C. The van der Waals surface area contributed by atoms with Gasteiger partial charge in [0.15, 0.2) is 0 Å². The third-order valence-electron chi connectivity index (χ3n) is 3.77. The Hall–Kier alpha value is -2.48. The number of fused-ring (bicyclic) bond motifs is 1. The van der Waals surface area contributed by atoms with Gasteiger partial charge in [0.1, 0.15) is 6.33 Å². The van der Waals surface area contributed by atoms with Crippen molar-refractivity contribution >= 4 is 33.1 Å². The Labute approximate surface area is 142 Å². The number of carbonyl (C=O) groups is 1. The molecule has 0 saturated heterocycles. The summed E-state index contributed by atoms with van der Waals surface area (Å²) >= 11 is 1.15. The fourth-order valence-electron chi connectivity index (χ4n) is 2.28. The number of hydrogen-bond acceptors (Lipinski definition) is 5. The van der Waals surface area contributed by atoms with Crippen LogP contribution < -0.4 is 10.2 Å². The van der Waals surface area contributed by atoms with Gasteiger partial charge in [-0.25, -0.2) is 9.67 Å². The van der Waals surface area contributed by atoms with Crippen LogP contribution in [0.3, 0.4) is 0 Å². The molecule has 1 amide bonds. The number of aryl methyl sites for hydroxylation is 2. The first-order valence-corrected chi connectivity index (χ1v) is 8.32. The highest BCUT2D eigenvalue weighted by Gasteiger charge is 2.19. The topological polar surface area (TPSA) is 81.8 Å². The average molecular weight is 345 g/mol. The van der Waals surface area contributed by atoms with Crippen molar-refractivity contribution in [2.45, 2.75) is 33.2 Å². The third kappa shape index (κ3) is 2.84. The lowest BCUT2D eigenvalue weighted by molar-refractivity contribution is 0.101. The van der Waals surface area contributed by atoms with Crippen molar-refractivity contribution < 1.29 is 4.79 Å². The summed E-state index contributed by atoms with van der Waals surface area (Å²) in [7, 11) is 1.74. The zero-order valence-electron chi connectivity index (χ0n) is 14.2.